The van der Waals surface area contributed by atoms with E-state index < -0.39 is 4.92 Å². The number of aromatic nitrogens is 1. The van der Waals surface area contributed by atoms with Crippen molar-refractivity contribution in [2.75, 3.05) is 36.6 Å². The molecule has 1 aromatic heterocycles. The largest absolute Gasteiger partial charge is 0.378 e. The molecule has 0 aliphatic carbocycles. The Hall–Kier alpha value is -2.52. The smallest absolute Gasteiger partial charge is 0.278 e. The van der Waals surface area contributed by atoms with Crippen LogP contribution >= 0.6 is 11.3 Å². The highest BCUT2D eigenvalue weighted by Gasteiger charge is 2.17. The third-order valence-corrected chi connectivity index (χ3v) is 4.43. The summed E-state index contributed by atoms with van der Waals surface area (Å²) in [7, 11) is 0. The van der Waals surface area contributed by atoms with E-state index in [2.05, 4.69) is 20.4 Å². The van der Waals surface area contributed by atoms with Gasteiger partial charge in [-0.1, -0.05) is 0 Å². The fourth-order valence-corrected chi connectivity index (χ4v) is 3.03. The number of ether oxygens (including phenoxy) is 1. The number of nitrogens with one attached hydrogen (secondary N) is 1. The molecule has 0 spiro atoms. The first kappa shape index (κ1) is 16.3. The molecule has 3 rings (SSSR count). The summed E-state index contributed by atoms with van der Waals surface area (Å²) >= 11 is 1.43. The van der Waals surface area contributed by atoms with Gasteiger partial charge in [0, 0.05) is 30.2 Å². The van der Waals surface area contributed by atoms with Crippen molar-refractivity contribution in [3.8, 4) is 0 Å². The molecule has 0 radical (unpaired) electrons. The van der Waals surface area contributed by atoms with Crippen LogP contribution in [0.1, 0.15) is 11.3 Å². The Morgan fingerprint density at radius 2 is 2.25 bits per heavy atom. The SMILES string of the molecule is Cc1csc(NN=Cc2cc(N3CCOCC3)ccc2[N+](=O)[O-])n1. The zero-order chi connectivity index (χ0) is 16.9. The predicted octanol–water partition coefficient (Wildman–Crippen LogP) is 2.64. The molecule has 1 aromatic carbocycles. The third kappa shape index (κ3) is 3.87. The van der Waals surface area contributed by atoms with Crippen LogP contribution in [0.4, 0.5) is 16.5 Å². The van der Waals surface area contributed by atoms with E-state index in [0.717, 1.165) is 24.5 Å². The van der Waals surface area contributed by atoms with Crippen molar-refractivity contribution in [1.82, 2.24) is 4.98 Å². The number of nitro benzene ring substituents is 1. The van der Waals surface area contributed by atoms with Crippen molar-refractivity contribution in [3.63, 3.8) is 0 Å². The molecular formula is C15H17N5O3S. The second-order valence-electron chi connectivity index (χ2n) is 5.26. The van der Waals surface area contributed by atoms with Gasteiger partial charge in [-0.3, -0.25) is 15.5 Å². The number of hydrogen-bond acceptors (Lipinski definition) is 8. The summed E-state index contributed by atoms with van der Waals surface area (Å²) in [5.74, 6) is 0. The Morgan fingerprint density at radius 3 is 2.92 bits per heavy atom. The fourth-order valence-electron chi connectivity index (χ4n) is 2.39. The normalized spacial score (nSPS) is 15.0. The lowest BCUT2D eigenvalue weighted by Crippen LogP contribution is -2.36. The molecule has 1 N–H and O–H groups in total. The molecule has 1 aliphatic heterocycles. The Labute approximate surface area is 142 Å². The van der Waals surface area contributed by atoms with Crippen molar-refractivity contribution < 1.29 is 9.66 Å². The van der Waals surface area contributed by atoms with Gasteiger partial charge in [-0.25, -0.2) is 4.98 Å². The molecule has 8 nitrogen and oxygen atoms in total. The summed E-state index contributed by atoms with van der Waals surface area (Å²) in [6, 6.07) is 5.06. The van der Waals surface area contributed by atoms with Crippen molar-refractivity contribution in [3.05, 3.63) is 45.0 Å². The van der Waals surface area contributed by atoms with Crippen LogP contribution in [-0.2, 0) is 4.74 Å². The number of nitro groups is 1. The topological polar surface area (TPSA) is 92.9 Å². The highest BCUT2D eigenvalue weighted by atomic mass is 32.1. The van der Waals surface area contributed by atoms with Crippen molar-refractivity contribution >= 4 is 34.1 Å². The van der Waals surface area contributed by atoms with Gasteiger partial charge >= 0.3 is 0 Å². The van der Waals surface area contributed by atoms with Crippen molar-refractivity contribution in [2.45, 2.75) is 6.92 Å². The highest BCUT2D eigenvalue weighted by Crippen LogP contribution is 2.24. The zero-order valence-corrected chi connectivity index (χ0v) is 14.0. The van der Waals surface area contributed by atoms with Crippen LogP contribution in [-0.4, -0.2) is 42.4 Å². The second-order valence-corrected chi connectivity index (χ2v) is 6.12. The molecule has 2 aromatic rings. The molecule has 9 heteroatoms. The van der Waals surface area contributed by atoms with Crippen LogP contribution in [0.3, 0.4) is 0 Å². The molecule has 1 aliphatic rings. The van der Waals surface area contributed by atoms with Gasteiger partial charge in [-0.15, -0.1) is 11.3 Å². The Bertz CT molecular complexity index is 755. The first-order valence-electron chi connectivity index (χ1n) is 7.46. The minimum absolute atomic E-state index is 0.0212. The minimum atomic E-state index is -0.405. The van der Waals surface area contributed by atoms with Gasteiger partial charge in [0.1, 0.15) is 0 Å². The first-order chi connectivity index (χ1) is 11.6. The number of aryl methyl sites for hydroxylation is 1. The van der Waals surface area contributed by atoms with Crippen molar-refractivity contribution in [1.29, 1.82) is 0 Å². The van der Waals surface area contributed by atoms with E-state index in [1.165, 1.54) is 23.6 Å². The number of hydrazone groups is 1. The maximum Gasteiger partial charge on any atom is 0.278 e. The minimum Gasteiger partial charge on any atom is -0.378 e. The quantitative estimate of drug-likeness (QED) is 0.508. The van der Waals surface area contributed by atoms with Gasteiger partial charge < -0.3 is 9.64 Å². The number of morpholine rings is 1. The van der Waals surface area contributed by atoms with Gasteiger partial charge in [-0.05, 0) is 19.1 Å². The van der Waals surface area contributed by atoms with Crippen molar-refractivity contribution in [2.24, 2.45) is 5.10 Å². The van der Waals surface area contributed by atoms with E-state index in [1.807, 2.05) is 12.3 Å². The highest BCUT2D eigenvalue weighted by molar-refractivity contribution is 7.13. The Balaban J connectivity index is 1.81. The summed E-state index contributed by atoms with van der Waals surface area (Å²) in [6.07, 6.45) is 1.46. The van der Waals surface area contributed by atoms with Crippen LogP contribution < -0.4 is 10.3 Å². The van der Waals surface area contributed by atoms with E-state index in [4.69, 9.17) is 4.74 Å². The van der Waals surface area contributed by atoms with Crippen LogP contribution in [0, 0.1) is 17.0 Å². The maximum absolute atomic E-state index is 11.2. The van der Waals surface area contributed by atoms with E-state index in [1.54, 1.807) is 12.1 Å². The summed E-state index contributed by atoms with van der Waals surface area (Å²) in [5.41, 5.74) is 5.10. The van der Waals surface area contributed by atoms with Gasteiger partial charge in [0.2, 0.25) is 5.13 Å². The zero-order valence-electron chi connectivity index (χ0n) is 13.1. The van der Waals surface area contributed by atoms with Crippen LogP contribution in [0.25, 0.3) is 0 Å². The number of anilines is 2. The predicted molar refractivity (Wildman–Crippen MR) is 94.2 cm³/mol. The molecule has 126 valence electrons. The molecule has 0 amide bonds. The molecule has 24 heavy (non-hydrogen) atoms. The van der Waals surface area contributed by atoms with Crippen LogP contribution in [0.15, 0.2) is 28.7 Å². The summed E-state index contributed by atoms with van der Waals surface area (Å²) < 4.78 is 5.34. The third-order valence-electron chi connectivity index (χ3n) is 3.57. The van der Waals surface area contributed by atoms with Gasteiger partial charge in [0.25, 0.3) is 5.69 Å². The van der Waals surface area contributed by atoms with Gasteiger partial charge in [-0.2, -0.15) is 5.10 Å². The van der Waals surface area contributed by atoms with E-state index >= 15 is 0 Å². The number of thiazole rings is 1. The summed E-state index contributed by atoms with van der Waals surface area (Å²) in [4.78, 5) is 17.2. The average Bonchev–Trinajstić information content (AvgIpc) is 3.01. The number of benzene rings is 1. The molecule has 0 unspecified atom stereocenters. The molecule has 0 bridgehead atoms. The summed E-state index contributed by atoms with van der Waals surface area (Å²) in [5, 5.41) is 17.9. The molecule has 0 saturated carbocycles. The van der Waals surface area contributed by atoms with E-state index in [-0.39, 0.29) is 5.69 Å². The molecule has 1 saturated heterocycles. The van der Waals surface area contributed by atoms with Crippen LogP contribution in [0.2, 0.25) is 0 Å². The Morgan fingerprint density at radius 1 is 1.46 bits per heavy atom. The molecule has 2 heterocycles. The maximum atomic E-state index is 11.2. The Kier molecular flexibility index (Phi) is 5.02. The standard InChI is InChI=1S/C15H17N5O3S/c1-11-10-24-15(17-11)18-16-9-12-8-13(2-3-14(12)20(21)22)19-4-6-23-7-5-19/h2-3,8-10H,4-7H2,1H3,(H,17,18). The van der Waals surface area contributed by atoms with E-state index in [9.17, 15) is 10.1 Å². The lowest BCUT2D eigenvalue weighted by Gasteiger charge is -2.28. The van der Waals surface area contributed by atoms with Crippen LogP contribution in [0.5, 0.6) is 0 Å². The number of rotatable bonds is 5. The fraction of sp³-hybridized carbons (Fsp3) is 0.333. The van der Waals surface area contributed by atoms with E-state index in [0.29, 0.717) is 23.9 Å². The molecule has 0 atom stereocenters. The lowest BCUT2D eigenvalue weighted by atomic mass is 10.1. The molecule has 1 fully saturated rings. The molecular weight excluding hydrogens is 330 g/mol. The van der Waals surface area contributed by atoms with Gasteiger partial charge in [0.05, 0.1) is 35.6 Å². The lowest BCUT2D eigenvalue weighted by molar-refractivity contribution is -0.385. The monoisotopic (exact) mass is 347 g/mol. The summed E-state index contributed by atoms with van der Waals surface area (Å²) in [6.45, 7) is 4.74. The first-order valence-corrected chi connectivity index (χ1v) is 8.34. The number of hydrogen-bond donors (Lipinski definition) is 1. The average molecular weight is 347 g/mol. The second kappa shape index (κ2) is 7.37. The number of nitrogens with zero attached hydrogens (tertiary/aromatic N) is 4. The van der Waals surface area contributed by atoms with Gasteiger partial charge in [0.15, 0.2) is 0 Å².